The summed E-state index contributed by atoms with van der Waals surface area (Å²) in [6.45, 7) is 3.64. The molecule has 0 amide bonds. The van der Waals surface area contributed by atoms with Gasteiger partial charge >= 0.3 is 5.69 Å². The molecule has 8 heteroatoms. The number of phenolic OH excluding ortho intramolecular Hbond substituents is 1. The van der Waals surface area contributed by atoms with Gasteiger partial charge in [-0.25, -0.2) is 14.2 Å². The molecule has 0 aliphatic carbocycles. The largest absolute Gasteiger partial charge is 0.505 e. The molecule has 1 fully saturated rings. The van der Waals surface area contributed by atoms with Crippen LogP contribution in [-0.4, -0.2) is 50.3 Å². The summed E-state index contributed by atoms with van der Waals surface area (Å²) in [6, 6.07) is 4.14. The van der Waals surface area contributed by atoms with Crippen molar-refractivity contribution in [3.05, 3.63) is 52.6 Å². The van der Waals surface area contributed by atoms with Crippen molar-refractivity contribution in [2.45, 2.75) is 6.54 Å². The van der Waals surface area contributed by atoms with Gasteiger partial charge in [-0.1, -0.05) is 6.07 Å². The van der Waals surface area contributed by atoms with Crippen LogP contribution >= 0.6 is 0 Å². The normalized spacial score (nSPS) is 15.6. The topological polar surface area (TPSA) is 72.0 Å². The molecule has 0 atom stereocenters. The third-order valence-electron chi connectivity index (χ3n) is 4.58. The zero-order valence-corrected chi connectivity index (χ0v) is 14.4. The number of aromatic nitrogens is 3. The SMILES string of the molecule is Cn1cc(-c2ccc(O)c(F)c2)c2nc(CN3CCOCC3)cn2c1=O. The summed E-state index contributed by atoms with van der Waals surface area (Å²) < 4.78 is 22.1. The Morgan fingerprint density at radius 2 is 2.04 bits per heavy atom. The number of imidazole rings is 1. The Balaban J connectivity index is 1.81. The first-order valence-corrected chi connectivity index (χ1v) is 8.39. The Hall–Kier alpha value is -2.71. The van der Waals surface area contributed by atoms with E-state index in [0.717, 1.165) is 18.8 Å². The first-order chi connectivity index (χ1) is 12.5. The van der Waals surface area contributed by atoms with E-state index < -0.39 is 11.6 Å². The number of phenols is 1. The van der Waals surface area contributed by atoms with Gasteiger partial charge in [0.25, 0.3) is 0 Å². The molecule has 7 nitrogen and oxygen atoms in total. The third-order valence-corrected chi connectivity index (χ3v) is 4.58. The first kappa shape index (κ1) is 16.7. The molecule has 4 rings (SSSR count). The molecule has 136 valence electrons. The number of benzene rings is 1. The van der Waals surface area contributed by atoms with E-state index in [1.165, 1.54) is 21.1 Å². The number of nitrogens with zero attached hydrogens (tertiary/aromatic N) is 4. The fourth-order valence-corrected chi connectivity index (χ4v) is 3.18. The molecule has 0 bridgehead atoms. The molecular formula is C18H19FN4O3. The molecule has 3 heterocycles. The van der Waals surface area contributed by atoms with Crippen LogP contribution in [-0.2, 0) is 18.3 Å². The number of hydrogen-bond donors (Lipinski definition) is 1. The minimum atomic E-state index is -0.713. The van der Waals surface area contributed by atoms with Crippen molar-refractivity contribution in [3.8, 4) is 16.9 Å². The summed E-state index contributed by atoms with van der Waals surface area (Å²) >= 11 is 0. The van der Waals surface area contributed by atoms with Gasteiger partial charge in [0.1, 0.15) is 0 Å². The van der Waals surface area contributed by atoms with E-state index in [0.29, 0.717) is 36.5 Å². The molecular weight excluding hydrogens is 339 g/mol. The summed E-state index contributed by atoms with van der Waals surface area (Å²) in [6.07, 6.45) is 3.36. The maximum absolute atomic E-state index is 13.8. The number of ether oxygens (including phenoxy) is 1. The summed E-state index contributed by atoms with van der Waals surface area (Å²) in [4.78, 5) is 19.3. The van der Waals surface area contributed by atoms with Crippen molar-refractivity contribution >= 4 is 5.65 Å². The maximum atomic E-state index is 13.8. The van der Waals surface area contributed by atoms with Crippen molar-refractivity contribution in [3.63, 3.8) is 0 Å². The van der Waals surface area contributed by atoms with Gasteiger partial charge in [-0.3, -0.25) is 9.30 Å². The number of hydrogen-bond acceptors (Lipinski definition) is 5. The van der Waals surface area contributed by atoms with Gasteiger partial charge in [0.2, 0.25) is 0 Å². The average Bonchev–Trinajstić information content (AvgIpc) is 3.05. The lowest BCUT2D eigenvalue weighted by atomic mass is 10.1. The maximum Gasteiger partial charge on any atom is 0.333 e. The molecule has 0 saturated carbocycles. The van der Waals surface area contributed by atoms with Gasteiger partial charge in [0, 0.05) is 44.6 Å². The van der Waals surface area contributed by atoms with Gasteiger partial charge in [0.15, 0.2) is 17.2 Å². The van der Waals surface area contributed by atoms with E-state index in [9.17, 15) is 14.3 Å². The third kappa shape index (κ3) is 2.97. The summed E-state index contributed by atoms with van der Waals surface area (Å²) in [5.74, 6) is -1.12. The highest BCUT2D eigenvalue weighted by molar-refractivity contribution is 5.77. The number of halogens is 1. The Kier molecular flexibility index (Phi) is 4.21. The molecule has 1 aromatic carbocycles. The fraction of sp³-hybridized carbons (Fsp3) is 0.333. The number of morpholine rings is 1. The molecule has 0 spiro atoms. The predicted octanol–water partition coefficient (Wildman–Crippen LogP) is 1.38. The molecule has 1 saturated heterocycles. The summed E-state index contributed by atoms with van der Waals surface area (Å²) in [5, 5.41) is 9.42. The minimum absolute atomic E-state index is 0.219. The molecule has 0 radical (unpaired) electrons. The van der Waals surface area contributed by atoms with Gasteiger partial charge in [-0.15, -0.1) is 0 Å². The number of fused-ring (bicyclic) bond motifs is 1. The Labute approximate surface area is 148 Å². The van der Waals surface area contributed by atoms with E-state index >= 15 is 0 Å². The second-order valence-electron chi connectivity index (χ2n) is 6.42. The second kappa shape index (κ2) is 6.54. The van der Waals surface area contributed by atoms with Crippen LogP contribution < -0.4 is 5.69 Å². The predicted molar refractivity (Wildman–Crippen MR) is 93.6 cm³/mol. The average molecular weight is 358 g/mol. The molecule has 26 heavy (non-hydrogen) atoms. The van der Waals surface area contributed by atoms with Crippen LogP contribution in [0.2, 0.25) is 0 Å². The van der Waals surface area contributed by atoms with Crippen LogP contribution in [0.4, 0.5) is 4.39 Å². The van der Waals surface area contributed by atoms with Crippen molar-refractivity contribution in [1.82, 2.24) is 18.9 Å². The standard InChI is InChI=1S/C18H19FN4O3/c1-21-11-14(12-2-3-16(24)15(19)8-12)17-20-13(10-23(17)18(21)25)9-22-4-6-26-7-5-22/h2-3,8,10-11,24H,4-7,9H2,1H3. The van der Waals surface area contributed by atoms with Crippen LogP contribution in [0.3, 0.4) is 0 Å². The van der Waals surface area contributed by atoms with Crippen LogP contribution in [0, 0.1) is 5.82 Å². The quantitative estimate of drug-likeness (QED) is 0.766. The summed E-state index contributed by atoms with van der Waals surface area (Å²) in [5.41, 5.74) is 2.20. The lowest BCUT2D eigenvalue weighted by molar-refractivity contribution is 0.0337. The number of aryl methyl sites for hydroxylation is 1. The zero-order chi connectivity index (χ0) is 18.3. The Bertz CT molecular complexity index is 1020. The van der Waals surface area contributed by atoms with Gasteiger partial charge in [-0.05, 0) is 17.7 Å². The van der Waals surface area contributed by atoms with Crippen LogP contribution in [0.15, 0.2) is 35.4 Å². The first-order valence-electron chi connectivity index (χ1n) is 8.39. The fourth-order valence-electron chi connectivity index (χ4n) is 3.18. The minimum Gasteiger partial charge on any atom is -0.505 e. The lowest BCUT2D eigenvalue weighted by Crippen LogP contribution is -2.35. The molecule has 3 aromatic rings. The van der Waals surface area contributed by atoms with Gasteiger partial charge < -0.3 is 14.4 Å². The highest BCUT2D eigenvalue weighted by Gasteiger charge is 2.17. The van der Waals surface area contributed by atoms with E-state index in [4.69, 9.17) is 4.74 Å². The highest BCUT2D eigenvalue weighted by Crippen LogP contribution is 2.27. The van der Waals surface area contributed by atoms with Crippen molar-refractivity contribution < 1.29 is 14.2 Å². The van der Waals surface area contributed by atoms with Crippen LogP contribution in [0.25, 0.3) is 16.8 Å². The smallest absolute Gasteiger partial charge is 0.333 e. The molecule has 2 aromatic heterocycles. The van der Waals surface area contributed by atoms with Crippen molar-refractivity contribution in [2.75, 3.05) is 26.3 Å². The zero-order valence-electron chi connectivity index (χ0n) is 14.4. The molecule has 1 N–H and O–H groups in total. The molecule has 1 aliphatic heterocycles. The second-order valence-corrected chi connectivity index (χ2v) is 6.42. The van der Waals surface area contributed by atoms with Crippen LogP contribution in [0.5, 0.6) is 5.75 Å². The lowest BCUT2D eigenvalue weighted by Gasteiger charge is -2.25. The van der Waals surface area contributed by atoms with Crippen molar-refractivity contribution in [1.29, 1.82) is 0 Å². The Morgan fingerprint density at radius 3 is 2.77 bits per heavy atom. The summed E-state index contributed by atoms with van der Waals surface area (Å²) in [7, 11) is 1.64. The van der Waals surface area contributed by atoms with E-state index in [2.05, 4.69) is 9.88 Å². The number of rotatable bonds is 3. The monoisotopic (exact) mass is 358 g/mol. The van der Waals surface area contributed by atoms with E-state index in [-0.39, 0.29) is 5.69 Å². The Morgan fingerprint density at radius 1 is 1.27 bits per heavy atom. The molecule has 0 unspecified atom stereocenters. The van der Waals surface area contributed by atoms with Crippen molar-refractivity contribution in [2.24, 2.45) is 7.05 Å². The highest BCUT2D eigenvalue weighted by atomic mass is 19.1. The molecule has 1 aliphatic rings. The van der Waals surface area contributed by atoms with E-state index in [1.54, 1.807) is 25.5 Å². The van der Waals surface area contributed by atoms with E-state index in [1.807, 2.05) is 0 Å². The van der Waals surface area contributed by atoms with Gasteiger partial charge in [-0.2, -0.15) is 0 Å². The number of aromatic hydroxyl groups is 1. The van der Waals surface area contributed by atoms with Crippen LogP contribution in [0.1, 0.15) is 5.69 Å². The van der Waals surface area contributed by atoms with Gasteiger partial charge in [0.05, 0.1) is 18.9 Å².